The smallest absolute Gasteiger partial charge is 0.204 e. The van der Waals surface area contributed by atoms with Gasteiger partial charge in [0.2, 0.25) is 6.04 Å². The number of rotatable bonds is 6. The monoisotopic (exact) mass is 711 g/mol. The molecule has 11 rings (SSSR count). The summed E-state index contributed by atoms with van der Waals surface area (Å²) in [5.41, 5.74) is 17.8. The second kappa shape index (κ2) is 13.2. The lowest BCUT2D eigenvalue weighted by Crippen LogP contribution is -2.25. The van der Waals surface area contributed by atoms with E-state index in [1.807, 2.05) is 0 Å². The van der Waals surface area contributed by atoms with Crippen LogP contribution < -0.4 is 0 Å². The van der Waals surface area contributed by atoms with Gasteiger partial charge in [-0.25, -0.2) is 9.56 Å². The van der Waals surface area contributed by atoms with Gasteiger partial charge < -0.3 is 4.57 Å². The van der Waals surface area contributed by atoms with Crippen LogP contribution in [0.2, 0.25) is 0 Å². The minimum Gasteiger partial charge on any atom is -0.313 e. The average molecular weight is 712 g/mol. The highest BCUT2D eigenvalue weighted by Gasteiger charge is 2.41. The quantitative estimate of drug-likeness (QED) is 0.158. The van der Waals surface area contributed by atoms with E-state index in [0.717, 1.165) is 65.4 Å². The fourth-order valence-electron chi connectivity index (χ4n) is 9.89. The lowest BCUT2D eigenvalue weighted by atomic mass is 9.94. The number of aryl methyl sites for hydroxylation is 1. The zero-order chi connectivity index (χ0) is 36.3. The second-order valence-electron chi connectivity index (χ2n) is 15.4. The first-order chi connectivity index (χ1) is 27.3. The Bertz CT molecular complexity index is 2750. The van der Waals surface area contributed by atoms with Crippen LogP contribution in [0.15, 0.2) is 158 Å². The lowest BCUT2D eigenvalue weighted by molar-refractivity contribution is -0.562. The Balaban J connectivity index is 1.26. The van der Waals surface area contributed by atoms with Crippen molar-refractivity contribution in [3.63, 3.8) is 0 Å². The third-order valence-corrected chi connectivity index (χ3v) is 12.2. The van der Waals surface area contributed by atoms with Crippen molar-refractivity contribution in [1.29, 1.82) is 0 Å². The van der Waals surface area contributed by atoms with Gasteiger partial charge >= 0.3 is 0 Å². The number of benzene rings is 6. The molecule has 2 aromatic heterocycles. The third-order valence-electron chi connectivity index (χ3n) is 12.2. The standard InChI is InChI=1S/C51H43N4/c1-4-18-35(19-5-1)48-50(36-20-6-2-7-21-36)55(51(52-48)37-22-8-3-9-23-37)40-33-38(49-44-27-11-10-26-43(44)45-28-16-17-31-53(45)49)32-39(34-40)54-46-29-14-12-24-41(46)42-25-13-15-30-47(42)54/h1-12,14,18-24,26-27,29,32-34,49H,13,15-17,25,28,30-31H2/q+1. The molecule has 0 saturated heterocycles. The highest BCUT2D eigenvalue weighted by molar-refractivity contribution is 6.00. The van der Waals surface area contributed by atoms with Crippen molar-refractivity contribution in [1.82, 2.24) is 14.1 Å². The summed E-state index contributed by atoms with van der Waals surface area (Å²) in [6.07, 6.45) is 8.29. The summed E-state index contributed by atoms with van der Waals surface area (Å²) in [5, 5.41) is 1.39. The number of para-hydroxylation sites is 1. The van der Waals surface area contributed by atoms with E-state index < -0.39 is 0 Å². The Morgan fingerprint density at radius 3 is 1.98 bits per heavy atom. The molecule has 1 unspecified atom stereocenters. The normalized spacial score (nSPS) is 16.3. The largest absolute Gasteiger partial charge is 0.313 e. The average Bonchev–Trinajstić information content (AvgIpc) is 3.93. The van der Waals surface area contributed by atoms with Crippen LogP contribution in [-0.2, 0) is 12.8 Å². The van der Waals surface area contributed by atoms with E-state index in [-0.39, 0.29) is 6.04 Å². The maximum atomic E-state index is 5.59. The van der Waals surface area contributed by atoms with Gasteiger partial charge in [0.1, 0.15) is 12.4 Å². The Morgan fingerprint density at radius 1 is 0.545 bits per heavy atom. The molecule has 1 aliphatic carbocycles. The molecule has 55 heavy (non-hydrogen) atoms. The SMILES string of the molecule is c1ccc(-c2nc(-c3ccccc3)n(-c3cc(C4c5ccccc5C5=[N+]4CCCC5)cc(-n4c5c(c6ccccc64)CCCC5)c3)c2-c2ccccc2)cc1. The Labute approximate surface area is 322 Å². The Hall–Kier alpha value is -6.26. The summed E-state index contributed by atoms with van der Waals surface area (Å²) in [6, 6.07) is 58.2. The molecule has 3 aliphatic rings. The van der Waals surface area contributed by atoms with Crippen molar-refractivity contribution in [2.45, 2.75) is 51.0 Å². The summed E-state index contributed by atoms with van der Waals surface area (Å²) in [4.78, 5) is 5.59. The van der Waals surface area contributed by atoms with Crippen molar-refractivity contribution in [3.8, 4) is 45.3 Å². The molecule has 0 N–H and O–H groups in total. The first-order valence-corrected chi connectivity index (χ1v) is 20.1. The number of nitrogens with zero attached hydrogens (tertiary/aromatic N) is 4. The molecule has 8 aromatic rings. The van der Waals surface area contributed by atoms with Crippen molar-refractivity contribution in [2.75, 3.05) is 6.54 Å². The van der Waals surface area contributed by atoms with E-state index in [0.29, 0.717) is 0 Å². The molecule has 4 heterocycles. The van der Waals surface area contributed by atoms with Gasteiger partial charge in [-0.1, -0.05) is 127 Å². The molecule has 1 atom stereocenters. The van der Waals surface area contributed by atoms with Crippen LogP contribution in [-0.4, -0.2) is 31.0 Å². The number of hydrogen-bond donors (Lipinski definition) is 0. The predicted molar refractivity (Wildman–Crippen MR) is 225 cm³/mol. The van der Waals surface area contributed by atoms with Gasteiger partial charge in [-0.15, -0.1) is 0 Å². The number of aromatic nitrogens is 3. The number of imidazole rings is 1. The van der Waals surface area contributed by atoms with Crippen molar-refractivity contribution in [3.05, 3.63) is 186 Å². The summed E-state index contributed by atoms with van der Waals surface area (Å²) < 4.78 is 7.79. The highest BCUT2D eigenvalue weighted by Crippen LogP contribution is 2.44. The summed E-state index contributed by atoms with van der Waals surface area (Å²) in [6.45, 7) is 1.07. The lowest BCUT2D eigenvalue weighted by Gasteiger charge is -2.22. The van der Waals surface area contributed by atoms with Gasteiger partial charge in [0.15, 0.2) is 5.71 Å². The maximum Gasteiger partial charge on any atom is 0.204 e. The van der Waals surface area contributed by atoms with Crippen LogP contribution >= 0.6 is 0 Å². The first kappa shape index (κ1) is 32.2. The molecule has 0 radical (unpaired) electrons. The number of fused-ring (bicyclic) bond motifs is 5. The third kappa shape index (κ3) is 5.26. The molecular weight excluding hydrogens is 669 g/mol. The second-order valence-corrected chi connectivity index (χ2v) is 15.4. The Kier molecular flexibility index (Phi) is 7.75. The van der Waals surface area contributed by atoms with Crippen LogP contribution in [0.1, 0.15) is 66.1 Å². The molecular formula is C51H43N4+. The van der Waals surface area contributed by atoms with Crippen LogP contribution in [0.4, 0.5) is 0 Å². The maximum absolute atomic E-state index is 5.59. The zero-order valence-electron chi connectivity index (χ0n) is 31.0. The van der Waals surface area contributed by atoms with E-state index in [2.05, 4.69) is 171 Å². The van der Waals surface area contributed by atoms with Crippen molar-refractivity contribution < 1.29 is 4.58 Å². The molecule has 4 nitrogen and oxygen atoms in total. The summed E-state index contributed by atoms with van der Waals surface area (Å²) in [5.74, 6) is 0.942. The van der Waals surface area contributed by atoms with Crippen LogP contribution in [0.25, 0.3) is 56.2 Å². The summed E-state index contributed by atoms with van der Waals surface area (Å²) >= 11 is 0. The molecule has 4 heteroatoms. The summed E-state index contributed by atoms with van der Waals surface area (Å²) in [7, 11) is 0. The van der Waals surface area contributed by atoms with E-state index in [4.69, 9.17) is 4.98 Å². The molecule has 266 valence electrons. The number of hydrogen-bond acceptors (Lipinski definition) is 1. The van der Waals surface area contributed by atoms with E-state index in [1.54, 1.807) is 0 Å². The molecule has 6 aromatic carbocycles. The highest BCUT2D eigenvalue weighted by atomic mass is 15.1. The van der Waals surface area contributed by atoms with Gasteiger partial charge in [0.25, 0.3) is 0 Å². The van der Waals surface area contributed by atoms with Crippen LogP contribution in [0.3, 0.4) is 0 Å². The van der Waals surface area contributed by atoms with Crippen molar-refractivity contribution >= 4 is 16.6 Å². The van der Waals surface area contributed by atoms with Gasteiger partial charge in [-0.05, 0) is 68.0 Å². The van der Waals surface area contributed by atoms with E-state index >= 15 is 0 Å². The van der Waals surface area contributed by atoms with Crippen LogP contribution in [0.5, 0.6) is 0 Å². The predicted octanol–water partition coefficient (Wildman–Crippen LogP) is 11.8. The fourth-order valence-corrected chi connectivity index (χ4v) is 9.89. The van der Waals surface area contributed by atoms with Gasteiger partial charge in [-0.2, -0.15) is 0 Å². The van der Waals surface area contributed by atoms with Crippen molar-refractivity contribution in [2.24, 2.45) is 0 Å². The molecule has 2 aliphatic heterocycles. The fraction of sp³-hybridized carbons (Fsp3) is 0.176. The minimum absolute atomic E-state index is 0.139. The van der Waals surface area contributed by atoms with Gasteiger partial charge in [0, 0.05) is 57.4 Å². The molecule has 0 bridgehead atoms. The van der Waals surface area contributed by atoms with Gasteiger partial charge in [-0.3, -0.25) is 4.57 Å². The molecule has 0 spiro atoms. The molecule has 0 fully saturated rings. The Morgan fingerprint density at radius 2 is 1.18 bits per heavy atom. The minimum atomic E-state index is 0.139. The topological polar surface area (TPSA) is 25.8 Å². The first-order valence-electron chi connectivity index (χ1n) is 20.1. The zero-order valence-corrected chi connectivity index (χ0v) is 31.0. The van der Waals surface area contributed by atoms with E-state index in [9.17, 15) is 0 Å². The van der Waals surface area contributed by atoms with E-state index in [1.165, 1.54) is 75.9 Å². The van der Waals surface area contributed by atoms with Crippen LogP contribution in [0, 0.1) is 0 Å². The molecule has 0 amide bonds. The molecule has 0 saturated carbocycles. The van der Waals surface area contributed by atoms with Gasteiger partial charge in [0.05, 0.1) is 28.2 Å².